The maximum atomic E-state index is 11.6. The van der Waals surface area contributed by atoms with Crippen LogP contribution in [0.4, 0.5) is 0 Å². The van der Waals surface area contributed by atoms with Crippen molar-refractivity contribution in [1.82, 2.24) is 14.8 Å². The quantitative estimate of drug-likeness (QED) is 0.823. The van der Waals surface area contributed by atoms with Crippen LogP contribution in [-0.4, -0.2) is 14.8 Å². The van der Waals surface area contributed by atoms with Crippen molar-refractivity contribution < 1.29 is 0 Å². The van der Waals surface area contributed by atoms with Crippen LogP contribution in [0.15, 0.2) is 35.1 Å². The molecule has 1 N–H and O–H groups in total. The number of rotatable bonds is 2. The molecule has 0 aliphatic rings. The molecule has 0 aliphatic heterocycles. The second-order valence-electron chi connectivity index (χ2n) is 3.51. The number of aromatic amines is 1. The average molecular weight is 245 g/mol. The van der Waals surface area contributed by atoms with Gasteiger partial charge in [-0.2, -0.15) is 5.10 Å². The highest BCUT2D eigenvalue weighted by Crippen LogP contribution is 2.03. The Labute approximate surface area is 103 Å². The van der Waals surface area contributed by atoms with Gasteiger partial charge < -0.3 is 0 Å². The smallest absolute Gasteiger partial charge is 0.277 e. The number of hydrogen-bond donors (Lipinski definition) is 1. The number of nitrogens with zero attached hydrogens (tertiary/aromatic N) is 2. The second kappa shape index (κ2) is 4.88. The normalized spacial score (nSPS) is 10.9. The van der Waals surface area contributed by atoms with Crippen LogP contribution in [0.5, 0.6) is 0 Å². The van der Waals surface area contributed by atoms with Gasteiger partial charge >= 0.3 is 0 Å². The highest BCUT2D eigenvalue weighted by Gasteiger charge is 1.98. The number of aromatic nitrogens is 3. The molecule has 0 bridgehead atoms. The zero-order valence-electron chi connectivity index (χ0n) is 9.25. The van der Waals surface area contributed by atoms with Crippen LogP contribution in [-0.2, 0) is 7.05 Å². The van der Waals surface area contributed by atoms with Gasteiger partial charge in [-0.1, -0.05) is 36.4 Å². The van der Waals surface area contributed by atoms with Crippen molar-refractivity contribution in [3.8, 4) is 0 Å². The first-order valence-corrected chi connectivity index (χ1v) is 5.48. The van der Waals surface area contributed by atoms with Crippen molar-refractivity contribution in [2.24, 2.45) is 7.05 Å². The lowest BCUT2D eigenvalue weighted by atomic mass is 10.2. The average Bonchev–Trinajstić information content (AvgIpc) is 2.33. The van der Waals surface area contributed by atoms with E-state index in [0.29, 0.717) is 10.5 Å². The zero-order chi connectivity index (χ0) is 12.3. The van der Waals surface area contributed by atoms with Crippen LogP contribution in [0, 0.1) is 4.77 Å². The van der Waals surface area contributed by atoms with Gasteiger partial charge in [0.2, 0.25) is 0 Å². The molecule has 5 heteroatoms. The number of aryl methyl sites for hydroxylation is 1. The summed E-state index contributed by atoms with van der Waals surface area (Å²) in [5, 5.41) is 4.07. The lowest BCUT2D eigenvalue weighted by molar-refractivity contribution is 0.684. The third kappa shape index (κ3) is 2.76. The van der Waals surface area contributed by atoms with E-state index in [2.05, 4.69) is 10.1 Å². The fourth-order valence-corrected chi connectivity index (χ4v) is 1.48. The molecule has 2 aromatic rings. The van der Waals surface area contributed by atoms with E-state index in [1.807, 2.05) is 36.4 Å². The Morgan fingerprint density at radius 1 is 1.29 bits per heavy atom. The first-order valence-electron chi connectivity index (χ1n) is 5.07. The molecule has 0 saturated heterocycles. The van der Waals surface area contributed by atoms with Gasteiger partial charge in [-0.25, -0.2) is 4.68 Å². The summed E-state index contributed by atoms with van der Waals surface area (Å²) in [7, 11) is 1.69. The summed E-state index contributed by atoms with van der Waals surface area (Å²) in [5.41, 5.74) is 1.07. The summed E-state index contributed by atoms with van der Waals surface area (Å²) in [6, 6.07) is 9.71. The first-order chi connectivity index (χ1) is 8.16. The van der Waals surface area contributed by atoms with Gasteiger partial charge in [0.15, 0.2) is 4.77 Å². The first kappa shape index (κ1) is 11.5. The highest BCUT2D eigenvalue weighted by molar-refractivity contribution is 7.71. The van der Waals surface area contributed by atoms with Crippen LogP contribution in [0.2, 0.25) is 0 Å². The lowest BCUT2D eigenvalue weighted by Gasteiger charge is -1.98. The van der Waals surface area contributed by atoms with Crippen molar-refractivity contribution in [3.63, 3.8) is 0 Å². The SMILES string of the molecule is Cn1nc(/C=C\c2ccccc2)c(=O)[nH]c1=S. The Kier molecular flexibility index (Phi) is 3.30. The zero-order valence-corrected chi connectivity index (χ0v) is 10.1. The fraction of sp³-hybridized carbons (Fsp3) is 0.0833. The van der Waals surface area contributed by atoms with Crippen LogP contribution in [0.3, 0.4) is 0 Å². The second-order valence-corrected chi connectivity index (χ2v) is 3.90. The molecular formula is C12H11N3OS. The maximum absolute atomic E-state index is 11.6. The Hall–Kier alpha value is -2.01. The molecule has 0 aliphatic carbocycles. The lowest BCUT2D eigenvalue weighted by Crippen LogP contribution is -2.17. The van der Waals surface area contributed by atoms with Gasteiger partial charge in [0, 0.05) is 7.05 Å². The van der Waals surface area contributed by atoms with Crippen molar-refractivity contribution in [2.45, 2.75) is 0 Å². The van der Waals surface area contributed by atoms with Gasteiger partial charge in [-0.15, -0.1) is 0 Å². The summed E-state index contributed by atoms with van der Waals surface area (Å²) in [4.78, 5) is 14.1. The van der Waals surface area contributed by atoms with Crippen molar-refractivity contribution >= 4 is 24.4 Å². The summed E-state index contributed by atoms with van der Waals surface area (Å²) in [6.07, 6.45) is 3.50. The summed E-state index contributed by atoms with van der Waals surface area (Å²) in [6.45, 7) is 0. The summed E-state index contributed by atoms with van der Waals surface area (Å²) >= 11 is 4.90. The van der Waals surface area contributed by atoms with E-state index in [9.17, 15) is 4.79 Å². The van der Waals surface area contributed by atoms with E-state index in [-0.39, 0.29) is 5.56 Å². The summed E-state index contributed by atoms with van der Waals surface area (Å²) in [5.74, 6) is 0. The predicted molar refractivity (Wildman–Crippen MR) is 70.0 cm³/mol. The molecular weight excluding hydrogens is 234 g/mol. The largest absolute Gasteiger partial charge is 0.296 e. The molecule has 1 aromatic heterocycles. The molecule has 0 radical (unpaired) electrons. The van der Waals surface area contributed by atoms with Gasteiger partial charge in [-0.05, 0) is 23.9 Å². The molecule has 0 amide bonds. The predicted octanol–water partition coefficient (Wildman–Crippen LogP) is 2.01. The molecule has 86 valence electrons. The Balaban J connectivity index is 2.37. The van der Waals surface area contributed by atoms with Gasteiger partial charge in [-0.3, -0.25) is 9.78 Å². The topological polar surface area (TPSA) is 50.7 Å². The van der Waals surface area contributed by atoms with Crippen molar-refractivity contribution in [1.29, 1.82) is 0 Å². The molecule has 0 saturated carbocycles. The van der Waals surface area contributed by atoms with Crippen LogP contribution >= 0.6 is 12.2 Å². The molecule has 0 fully saturated rings. The molecule has 1 heterocycles. The monoisotopic (exact) mass is 245 g/mol. The Morgan fingerprint density at radius 3 is 2.71 bits per heavy atom. The molecule has 4 nitrogen and oxygen atoms in total. The van der Waals surface area contributed by atoms with Crippen LogP contribution in [0.1, 0.15) is 11.3 Å². The minimum atomic E-state index is -0.278. The van der Waals surface area contributed by atoms with Crippen molar-refractivity contribution in [3.05, 3.63) is 56.7 Å². The van der Waals surface area contributed by atoms with Crippen LogP contribution in [0.25, 0.3) is 12.2 Å². The standard InChI is InChI=1S/C12H11N3OS/c1-15-12(17)13-11(16)10(14-15)8-7-9-5-3-2-4-6-9/h2-8H,1H3,(H,13,16,17)/b8-7-. The third-order valence-corrected chi connectivity index (χ3v) is 2.60. The van der Waals surface area contributed by atoms with Crippen molar-refractivity contribution in [2.75, 3.05) is 0 Å². The summed E-state index contributed by atoms with van der Waals surface area (Å²) < 4.78 is 1.77. The highest BCUT2D eigenvalue weighted by atomic mass is 32.1. The number of hydrogen-bond acceptors (Lipinski definition) is 3. The molecule has 1 aromatic carbocycles. The molecule has 0 spiro atoms. The van der Waals surface area contributed by atoms with Gasteiger partial charge in [0.25, 0.3) is 5.56 Å². The third-order valence-electron chi connectivity index (χ3n) is 2.24. The number of benzene rings is 1. The molecule has 0 unspecified atom stereocenters. The van der Waals surface area contributed by atoms with Gasteiger partial charge in [0.05, 0.1) is 0 Å². The minimum absolute atomic E-state index is 0.278. The van der Waals surface area contributed by atoms with Gasteiger partial charge in [0.1, 0.15) is 5.69 Å². The molecule has 17 heavy (non-hydrogen) atoms. The molecule has 2 rings (SSSR count). The van der Waals surface area contributed by atoms with E-state index in [1.165, 1.54) is 4.68 Å². The van der Waals surface area contributed by atoms with E-state index < -0.39 is 0 Å². The fourth-order valence-electron chi connectivity index (χ4n) is 1.34. The Bertz CT molecular complexity index is 655. The van der Waals surface area contributed by atoms with E-state index >= 15 is 0 Å². The van der Waals surface area contributed by atoms with E-state index in [1.54, 1.807) is 13.1 Å². The van der Waals surface area contributed by atoms with Crippen LogP contribution < -0.4 is 5.56 Å². The number of nitrogens with one attached hydrogen (secondary N) is 1. The van der Waals surface area contributed by atoms with E-state index in [0.717, 1.165) is 5.56 Å². The minimum Gasteiger partial charge on any atom is -0.296 e. The maximum Gasteiger partial charge on any atom is 0.277 e. The number of H-pyrrole nitrogens is 1. The Morgan fingerprint density at radius 2 is 2.00 bits per heavy atom. The molecule has 0 atom stereocenters. The van der Waals surface area contributed by atoms with E-state index in [4.69, 9.17) is 12.2 Å².